The Balaban J connectivity index is 1.84. The maximum atomic E-state index is 11.2. The largest absolute Gasteiger partial charge is 0.481 e. The lowest BCUT2D eigenvalue weighted by Gasteiger charge is -2.32. The third-order valence-corrected chi connectivity index (χ3v) is 4.18. The summed E-state index contributed by atoms with van der Waals surface area (Å²) in [5.74, 6) is 1.44. The molecule has 2 heterocycles. The van der Waals surface area contributed by atoms with E-state index >= 15 is 0 Å². The third-order valence-electron chi connectivity index (χ3n) is 4.18. The first-order chi connectivity index (χ1) is 9.67. The molecule has 108 valence electrons. The Morgan fingerprint density at radius 3 is 2.85 bits per heavy atom. The van der Waals surface area contributed by atoms with Gasteiger partial charge in [-0.3, -0.25) is 4.79 Å². The normalized spacial score (nSPS) is 22.9. The van der Waals surface area contributed by atoms with Crippen LogP contribution in [0.15, 0.2) is 6.07 Å². The van der Waals surface area contributed by atoms with Crippen molar-refractivity contribution in [2.45, 2.75) is 44.9 Å². The van der Waals surface area contributed by atoms with Crippen LogP contribution >= 0.6 is 0 Å². The third kappa shape index (κ3) is 2.76. The van der Waals surface area contributed by atoms with Gasteiger partial charge in [-0.15, -0.1) is 0 Å². The van der Waals surface area contributed by atoms with Crippen LogP contribution in [0.25, 0.3) is 0 Å². The van der Waals surface area contributed by atoms with Gasteiger partial charge < -0.3 is 10.0 Å². The minimum atomic E-state index is -0.693. The molecule has 0 spiro atoms. The first kappa shape index (κ1) is 13.3. The van der Waals surface area contributed by atoms with Crippen LogP contribution in [-0.2, 0) is 11.2 Å². The predicted octanol–water partition coefficient (Wildman–Crippen LogP) is 2.22. The van der Waals surface area contributed by atoms with Crippen LogP contribution < -0.4 is 4.90 Å². The van der Waals surface area contributed by atoms with Crippen LogP contribution in [0.1, 0.15) is 50.0 Å². The number of nitrogens with zero attached hydrogens (tertiary/aromatic N) is 3. The molecule has 5 heteroatoms. The van der Waals surface area contributed by atoms with E-state index in [4.69, 9.17) is 0 Å². The minimum absolute atomic E-state index is 0.270. The number of carboxylic acid groups (broad SMARTS) is 1. The Morgan fingerprint density at radius 2 is 2.20 bits per heavy atom. The minimum Gasteiger partial charge on any atom is -0.481 e. The molecule has 1 N–H and O–H groups in total. The van der Waals surface area contributed by atoms with Gasteiger partial charge in [-0.1, -0.05) is 6.92 Å². The summed E-state index contributed by atoms with van der Waals surface area (Å²) in [7, 11) is 0. The van der Waals surface area contributed by atoms with Crippen LogP contribution in [0.5, 0.6) is 0 Å². The summed E-state index contributed by atoms with van der Waals surface area (Å²) in [4.78, 5) is 22.6. The van der Waals surface area contributed by atoms with E-state index in [0.717, 1.165) is 43.1 Å². The van der Waals surface area contributed by atoms with E-state index in [1.165, 1.54) is 12.8 Å². The van der Waals surface area contributed by atoms with Crippen molar-refractivity contribution in [2.24, 2.45) is 5.92 Å². The molecule has 5 nitrogen and oxygen atoms in total. The van der Waals surface area contributed by atoms with Crippen LogP contribution in [0, 0.1) is 5.92 Å². The zero-order valence-corrected chi connectivity index (χ0v) is 11.9. The molecule has 2 fully saturated rings. The van der Waals surface area contributed by atoms with Crippen LogP contribution in [0.2, 0.25) is 0 Å². The van der Waals surface area contributed by atoms with Crippen molar-refractivity contribution in [1.82, 2.24) is 9.97 Å². The van der Waals surface area contributed by atoms with Crippen molar-refractivity contribution in [3.63, 3.8) is 0 Å². The maximum Gasteiger partial charge on any atom is 0.308 e. The molecule has 0 bridgehead atoms. The molecule has 1 aromatic heterocycles. The van der Waals surface area contributed by atoms with Crippen molar-refractivity contribution in [3.05, 3.63) is 17.6 Å². The highest BCUT2D eigenvalue weighted by atomic mass is 16.4. The van der Waals surface area contributed by atoms with Gasteiger partial charge >= 0.3 is 5.97 Å². The second kappa shape index (κ2) is 5.38. The molecule has 1 aliphatic carbocycles. The number of anilines is 1. The van der Waals surface area contributed by atoms with E-state index in [0.29, 0.717) is 12.5 Å². The molecule has 20 heavy (non-hydrogen) atoms. The maximum absolute atomic E-state index is 11.2. The SMILES string of the molecule is CCc1cc(N2CCC[C@@H](C(=O)O)C2)nc(C2CC2)n1. The van der Waals surface area contributed by atoms with Crippen LogP contribution in [0.3, 0.4) is 0 Å². The lowest BCUT2D eigenvalue weighted by atomic mass is 9.98. The Labute approximate surface area is 119 Å². The quantitative estimate of drug-likeness (QED) is 0.912. The summed E-state index contributed by atoms with van der Waals surface area (Å²) in [6.45, 7) is 3.56. The fraction of sp³-hybridized carbons (Fsp3) is 0.667. The van der Waals surface area contributed by atoms with Gasteiger partial charge in [0.15, 0.2) is 0 Å². The molecule has 1 atom stereocenters. The molecule has 1 aromatic rings. The highest BCUT2D eigenvalue weighted by molar-refractivity contribution is 5.71. The second-order valence-electron chi connectivity index (χ2n) is 5.83. The molecular weight excluding hydrogens is 254 g/mol. The molecule has 0 radical (unpaired) electrons. The molecule has 2 aliphatic rings. The first-order valence-electron chi connectivity index (χ1n) is 7.53. The number of hydrogen-bond acceptors (Lipinski definition) is 4. The van der Waals surface area contributed by atoms with E-state index in [1.807, 2.05) is 6.07 Å². The molecule has 1 saturated heterocycles. The van der Waals surface area contributed by atoms with Gasteiger partial charge in [-0.2, -0.15) is 0 Å². The number of carbonyl (C=O) groups is 1. The van der Waals surface area contributed by atoms with E-state index in [1.54, 1.807) is 0 Å². The summed E-state index contributed by atoms with van der Waals surface area (Å²) < 4.78 is 0. The molecule has 1 aliphatic heterocycles. The molecule has 3 rings (SSSR count). The van der Waals surface area contributed by atoms with Crippen molar-refractivity contribution in [1.29, 1.82) is 0 Å². The van der Waals surface area contributed by atoms with Gasteiger partial charge in [0.2, 0.25) is 0 Å². The number of piperidine rings is 1. The van der Waals surface area contributed by atoms with Gasteiger partial charge in [0, 0.05) is 30.8 Å². The highest BCUT2D eigenvalue weighted by Crippen LogP contribution is 2.39. The monoisotopic (exact) mass is 275 g/mol. The van der Waals surface area contributed by atoms with Gasteiger partial charge in [0.05, 0.1) is 5.92 Å². The molecular formula is C15H21N3O2. The lowest BCUT2D eigenvalue weighted by Crippen LogP contribution is -2.39. The standard InChI is InChI=1S/C15H21N3O2/c1-2-12-8-13(17-14(16-12)10-5-6-10)18-7-3-4-11(9-18)15(19)20/h8,10-11H,2-7,9H2,1H3,(H,19,20)/t11-/m1/s1. The Hall–Kier alpha value is -1.65. The van der Waals surface area contributed by atoms with E-state index in [-0.39, 0.29) is 5.92 Å². The molecule has 0 aromatic carbocycles. The van der Waals surface area contributed by atoms with E-state index < -0.39 is 5.97 Å². The molecule has 0 amide bonds. The lowest BCUT2D eigenvalue weighted by molar-refractivity contribution is -0.141. The number of hydrogen-bond donors (Lipinski definition) is 1. The predicted molar refractivity (Wildman–Crippen MR) is 76.0 cm³/mol. The Morgan fingerprint density at radius 1 is 1.40 bits per heavy atom. The summed E-state index contributed by atoms with van der Waals surface area (Å²) in [5.41, 5.74) is 1.06. The van der Waals surface area contributed by atoms with Gasteiger partial charge in [0.1, 0.15) is 11.6 Å². The van der Waals surface area contributed by atoms with Crippen LogP contribution in [-0.4, -0.2) is 34.1 Å². The summed E-state index contributed by atoms with van der Waals surface area (Å²) in [6.07, 6.45) is 4.95. The Kier molecular flexibility index (Phi) is 3.59. The van der Waals surface area contributed by atoms with Gasteiger partial charge in [-0.25, -0.2) is 9.97 Å². The average molecular weight is 275 g/mol. The van der Waals surface area contributed by atoms with Crippen LogP contribution in [0.4, 0.5) is 5.82 Å². The Bertz CT molecular complexity index is 514. The van der Waals surface area contributed by atoms with Crippen molar-refractivity contribution >= 4 is 11.8 Å². The zero-order chi connectivity index (χ0) is 14.1. The number of aliphatic carboxylic acids is 1. The van der Waals surface area contributed by atoms with E-state index in [2.05, 4.69) is 21.8 Å². The fourth-order valence-corrected chi connectivity index (χ4v) is 2.76. The van der Waals surface area contributed by atoms with Crippen molar-refractivity contribution in [3.8, 4) is 0 Å². The first-order valence-corrected chi connectivity index (χ1v) is 7.53. The van der Waals surface area contributed by atoms with Crippen molar-refractivity contribution in [2.75, 3.05) is 18.0 Å². The van der Waals surface area contributed by atoms with Gasteiger partial charge in [0.25, 0.3) is 0 Å². The average Bonchev–Trinajstić information content (AvgIpc) is 3.31. The molecule has 1 saturated carbocycles. The second-order valence-corrected chi connectivity index (χ2v) is 5.83. The number of aryl methyl sites for hydroxylation is 1. The fourth-order valence-electron chi connectivity index (χ4n) is 2.76. The topological polar surface area (TPSA) is 66.3 Å². The van der Waals surface area contributed by atoms with E-state index in [9.17, 15) is 9.90 Å². The summed E-state index contributed by atoms with van der Waals surface area (Å²) in [5, 5.41) is 9.20. The summed E-state index contributed by atoms with van der Waals surface area (Å²) >= 11 is 0. The van der Waals surface area contributed by atoms with Crippen molar-refractivity contribution < 1.29 is 9.90 Å². The number of rotatable bonds is 4. The smallest absolute Gasteiger partial charge is 0.308 e. The van der Waals surface area contributed by atoms with Gasteiger partial charge in [-0.05, 0) is 32.1 Å². The zero-order valence-electron chi connectivity index (χ0n) is 11.9. The molecule has 0 unspecified atom stereocenters. The number of aromatic nitrogens is 2. The highest BCUT2D eigenvalue weighted by Gasteiger charge is 2.30. The summed E-state index contributed by atoms with van der Waals surface area (Å²) in [6, 6.07) is 2.02. The number of carboxylic acids is 1.